The second-order valence-electron chi connectivity index (χ2n) is 6.00. The molecule has 0 bridgehead atoms. The van der Waals surface area contributed by atoms with Gasteiger partial charge in [0, 0.05) is 12.5 Å². The van der Waals surface area contributed by atoms with Gasteiger partial charge in [-0.05, 0) is 37.1 Å². The highest BCUT2D eigenvalue weighted by Crippen LogP contribution is 2.34. The van der Waals surface area contributed by atoms with Crippen molar-refractivity contribution in [3.63, 3.8) is 0 Å². The third-order valence-electron chi connectivity index (χ3n) is 4.29. The van der Waals surface area contributed by atoms with Crippen LogP contribution in [0.2, 0.25) is 0 Å². The Morgan fingerprint density at radius 2 is 2.00 bits per heavy atom. The van der Waals surface area contributed by atoms with Gasteiger partial charge in [0.25, 0.3) is 5.91 Å². The number of carbonyl (C=O) groups excluding carboxylic acids is 3. The first kappa shape index (κ1) is 15.9. The lowest BCUT2D eigenvalue weighted by molar-refractivity contribution is -0.138. The quantitative estimate of drug-likeness (QED) is 0.609. The standard InChI is InChI=1S/C18H17N3O3/c1-2-9-20(17(23)13-5-6-13)15-10-16(22)21(18(15)24)14-7-3-12(11-19)4-8-14/h2-4,7-8,13,15H,1,5-6,9-10H2. The SMILES string of the molecule is C=CCN(C(=O)C1CC1)C1CC(=O)N(c2ccc(C#N)cc2)C1=O. The van der Waals surface area contributed by atoms with Crippen molar-refractivity contribution in [1.82, 2.24) is 4.90 Å². The van der Waals surface area contributed by atoms with Crippen LogP contribution in [0, 0.1) is 17.2 Å². The predicted molar refractivity (Wildman–Crippen MR) is 86.7 cm³/mol. The summed E-state index contributed by atoms with van der Waals surface area (Å²) in [6.07, 6.45) is 3.22. The molecule has 1 unspecified atom stereocenters. The number of amides is 3. The number of benzene rings is 1. The Kier molecular flexibility index (Phi) is 4.17. The molecule has 1 aliphatic carbocycles. The van der Waals surface area contributed by atoms with E-state index in [0.29, 0.717) is 11.3 Å². The molecule has 0 aromatic heterocycles. The largest absolute Gasteiger partial charge is 0.326 e. The van der Waals surface area contributed by atoms with Crippen molar-refractivity contribution in [2.24, 2.45) is 5.92 Å². The van der Waals surface area contributed by atoms with Gasteiger partial charge >= 0.3 is 0 Å². The maximum absolute atomic E-state index is 12.7. The third kappa shape index (κ3) is 2.81. The van der Waals surface area contributed by atoms with Crippen molar-refractivity contribution < 1.29 is 14.4 Å². The molecule has 6 nitrogen and oxygen atoms in total. The maximum Gasteiger partial charge on any atom is 0.257 e. The van der Waals surface area contributed by atoms with Crippen LogP contribution in [0.5, 0.6) is 0 Å². The van der Waals surface area contributed by atoms with Crippen molar-refractivity contribution in [1.29, 1.82) is 5.26 Å². The van der Waals surface area contributed by atoms with Crippen LogP contribution in [-0.4, -0.2) is 35.2 Å². The van der Waals surface area contributed by atoms with Crippen molar-refractivity contribution in [2.45, 2.75) is 25.3 Å². The molecule has 0 radical (unpaired) electrons. The number of rotatable bonds is 5. The zero-order valence-corrected chi connectivity index (χ0v) is 13.1. The molecule has 2 aliphatic rings. The van der Waals surface area contributed by atoms with Crippen LogP contribution in [0.4, 0.5) is 5.69 Å². The topological polar surface area (TPSA) is 81.5 Å². The van der Waals surface area contributed by atoms with Gasteiger partial charge in [0.2, 0.25) is 11.8 Å². The average Bonchev–Trinajstić information content (AvgIpc) is 3.39. The van der Waals surface area contributed by atoms with E-state index in [1.807, 2.05) is 6.07 Å². The van der Waals surface area contributed by atoms with E-state index in [-0.39, 0.29) is 30.7 Å². The van der Waals surface area contributed by atoms with E-state index in [2.05, 4.69) is 6.58 Å². The molecule has 2 fully saturated rings. The maximum atomic E-state index is 12.7. The Balaban J connectivity index is 1.85. The Morgan fingerprint density at radius 3 is 2.54 bits per heavy atom. The van der Waals surface area contributed by atoms with Gasteiger partial charge in [-0.3, -0.25) is 14.4 Å². The van der Waals surface area contributed by atoms with Crippen LogP contribution in [0.25, 0.3) is 0 Å². The third-order valence-corrected chi connectivity index (χ3v) is 4.29. The molecule has 1 aliphatic heterocycles. The summed E-state index contributed by atoms with van der Waals surface area (Å²) in [5, 5.41) is 8.84. The zero-order chi connectivity index (χ0) is 17.3. The molecule has 3 rings (SSSR count). The van der Waals surface area contributed by atoms with E-state index in [1.165, 1.54) is 4.90 Å². The van der Waals surface area contributed by atoms with Gasteiger partial charge in [-0.25, -0.2) is 4.90 Å². The molecule has 1 saturated heterocycles. The fourth-order valence-corrected chi connectivity index (χ4v) is 2.89. The van der Waals surface area contributed by atoms with E-state index in [1.54, 1.807) is 30.3 Å². The second-order valence-corrected chi connectivity index (χ2v) is 6.00. The zero-order valence-electron chi connectivity index (χ0n) is 13.1. The lowest BCUT2D eigenvalue weighted by atomic mass is 10.1. The van der Waals surface area contributed by atoms with Crippen LogP contribution in [0.15, 0.2) is 36.9 Å². The van der Waals surface area contributed by atoms with E-state index in [9.17, 15) is 14.4 Å². The predicted octanol–water partition coefficient (Wildman–Crippen LogP) is 1.61. The summed E-state index contributed by atoms with van der Waals surface area (Å²) >= 11 is 0. The van der Waals surface area contributed by atoms with E-state index in [4.69, 9.17) is 5.26 Å². The molecule has 3 amide bonds. The van der Waals surface area contributed by atoms with Gasteiger partial charge in [0.05, 0.1) is 23.7 Å². The summed E-state index contributed by atoms with van der Waals surface area (Å²) in [4.78, 5) is 40.1. The number of hydrogen-bond donors (Lipinski definition) is 0. The van der Waals surface area contributed by atoms with Crippen LogP contribution in [0.3, 0.4) is 0 Å². The molecule has 1 atom stereocenters. The summed E-state index contributed by atoms with van der Waals surface area (Å²) in [5.41, 5.74) is 0.871. The summed E-state index contributed by atoms with van der Waals surface area (Å²) in [6.45, 7) is 3.89. The highest BCUT2D eigenvalue weighted by Gasteiger charge is 2.46. The fraction of sp³-hybridized carbons (Fsp3) is 0.333. The van der Waals surface area contributed by atoms with Gasteiger partial charge in [0.15, 0.2) is 0 Å². The summed E-state index contributed by atoms with van der Waals surface area (Å²) in [7, 11) is 0. The first-order valence-electron chi connectivity index (χ1n) is 7.85. The molecule has 1 aromatic carbocycles. The second kappa shape index (κ2) is 6.28. The molecule has 1 heterocycles. The fourth-order valence-electron chi connectivity index (χ4n) is 2.89. The van der Waals surface area contributed by atoms with E-state index < -0.39 is 11.9 Å². The minimum atomic E-state index is -0.778. The van der Waals surface area contributed by atoms with E-state index in [0.717, 1.165) is 17.7 Å². The van der Waals surface area contributed by atoms with Crippen LogP contribution in [0.1, 0.15) is 24.8 Å². The Bertz CT molecular complexity index is 744. The normalized spacial score (nSPS) is 20.0. The highest BCUT2D eigenvalue weighted by atomic mass is 16.2. The van der Waals surface area contributed by atoms with Crippen LogP contribution in [-0.2, 0) is 14.4 Å². The Hall–Kier alpha value is -2.94. The van der Waals surface area contributed by atoms with Gasteiger partial charge in [-0.1, -0.05) is 6.08 Å². The molecular weight excluding hydrogens is 306 g/mol. The molecule has 0 N–H and O–H groups in total. The molecular formula is C18H17N3O3. The monoisotopic (exact) mass is 323 g/mol. The minimum Gasteiger partial charge on any atom is -0.326 e. The highest BCUT2D eigenvalue weighted by molar-refractivity contribution is 6.23. The van der Waals surface area contributed by atoms with E-state index >= 15 is 0 Å². The Morgan fingerprint density at radius 1 is 1.33 bits per heavy atom. The number of carbonyl (C=O) groups is 3. The first-order valence-corrected chi connectivity index (χ1v) is 7.85. The van der Waals surface area contributed by atoms with Gasteiger partial charge < -0.3 is 4.90 Å². The van der Waals surface area contributed by atoms with Crippen molar-refractivity contribution in [3.05, 3.63) is 42.5 Å². The molecule has 1 saturated carbocycles. The molecule has 122 valence electrons. The molecule has 1 aromatic rings. The smallest absolute Gasteiger partial charge is 0.257 e. The lowest BCUT2D eigenvalue weighted by Gasteiger charge is -2.26. The Labute approximate surface area is 140 Å². The van der Waals surface area contributed by atoms with Crippen LogP contribution < -0.4 is 4.90 Å². The molecule has 24 heavy (non-hydrogen) atoms. The summed E-state index contributed by atoms with van der Waals surface area (Å²) in [5.74, 6) is -0.854. The summed E-state index contributed by atoms with van der Waals surface area (Å²) in [6, 6.07) is 7.46. The molecule has 6 heteroatoms. The van der Waals surface area contributed by atoms with Crippen molar-refractivity contribution in [3.8, 4) is 6.07 Å². The number of hydrogen-bond acceptors (Lipinski definition) is 4. The number of nitriles is 1. The van der Waals surface area contributed by atoms with Gasteiger partial charge in [-0.15, -0.1) is 6.58 Å². The first-order chi connectivity index (χ1) is 11.6. The molecule has 0 spiro atoms. The van der Waals surface area contributed by atoms with Gasteiger partial charge in [-0.2, -0.15) is 5.26 Å². The number of imide groups is 1. The number of nitrogens with zero attached hydrogens (tertiary/aromatic N) is 3. The van der Waals surface area contributed by atoms with Crippen molar-refractivity contribution in [2.75, 3.05) is 11.4 Å². The minimum absolute atomic E-state index is 0.0227. The van der Waals surface area contributed by atoms with Crippen LogP contribution >= 0.6 is 0 Å². The lowest BCUT2D eigenvalue weighted by Crippen LogP contribution is -2.46. The number of anilines is 1. The van der Waals surface area contributed by atoms with Crippen molar-refractivity contribution >= 4 is 23.4 Å². The summed E-state index contributed by atoms with van der Waals surface area (Å²) < 4.78 is 0. The average molecular weight is 323 g/mol. The van der Waals surface area contributed by atoms with Gasteiger partial charge in [0.1, 0.15) is 6.04 Å².